The van der Waals surface area contributed by atoms with E-state index in [0.29, 0.717) is 49.1 Å². The molecule has 2 aromatic rings. The minimum absolute atomic E-state index is 0.236. The SMILES string of the molecule is COc1ccc(CCNC(=O)NCCOc2ccc(C)cc2OC)cc1OC. The first kappa shape index (κ1) is 21.2. The number of ether oxygens (including phenoxy) is 4. The Balaban J connectivity index is 1.68. The smallest absolute Gasteiger partial charge is 0.314 e. The number of urea groups is 1. The zero-order valence-corrected chi connectivity index (χ0v) is 16.8. The molecule has 2 amide bonds. The molecule has 0 fully saturated rings. The number of carbonyl (C=O) groups is 1. The third-order valence-electron chi connectivity index (χ3n) is 4.11. The highest BCUT2D eigenvalue weighted by atomic mass is 16.5. The number of nitrogens with one attached hydrogen (secondary N) is 2. The molecule has 0 aliphatic carbocycles. The predicted molar refractivity (Wildman–Crippen MR) is 108 cm³/mol. The van der Waals surface area contributed by atoms with Gasteiger partial charge in [-0.05, 0) is 48.7 Å². The average molecular weight is 388 g/mol. The van der Waals surface area contributed by atoms with Crippen molar-refractivity contribution in [1.82, 2.24) is 10.6 Å². The summed E-state index contributed by atoms with van der Waals surface area (Å²) < 4.78 is 21.4. The van der Waals surface area contributed by atoms with Crippen LogP contribution < -0.4 is 29.6 Å². The van der Waals surface area contributed by atoms with E-state index in [4.69, 9.17) is 18.9 Å². The summed E-state index contributed by atoms with van der Waals surface area (Å²) in [7, 11) is 4.80. The molecule has 0 saturated carbocycles. The molecular formula is C21H28N2O5. The normalized spacial score (nSPS) is 10.1. The average Bonchev–Trinajstić information content (AvgIpc) is 2.71. The lowest BCUT2D eigenvalue weighted by atomic mass is 10.1. The van der Waals surface area contributed by atoms with Gasteiger partial charge < -0.3 is 29.6 Å². The number of methoxy groups -OCH3 is 3. The molecule has 0 bridgehead atoms. The Bertz CT molecular complexity index is 779. The summed E-state index contributed by atoms with van der Waals surface area (Å²) in [5.41, 5.74) is 2.14. The maximum Gasteiger partial charge on any atom is 0.314 e. The second-order valence-electron chi connectivity index (χ2n) is 6.12. The van der Waals surface area contributed by atoms with E-state index < -0.39 is 0 Å². The lowest BCUT2D eigenvalue weighted by Gasteiger charge is -2.12. The molecule has 0 aliphatic heterocycles. The third kappa shape index (κ3) is 6.26. The van der Waals surface area contributed by atoms with Crippen molar-refractivity contribution in [3.8, 4) is 23.0 Å². The Kier molecular flexibility index (Phi) is 8.27. The molecule has 2 rings (SSSR count). The molecule has 152 valence electrons. The Morgan fingerprint density at radius 1 is 0.821 bits per heavy atom. The Hall–Kier alpha value is -3.09. The number of rotatable bonds is 10. The summed E-state index contributed by atoms with van der Waals surface area (Å²) in [5.74, 6) is 2.69. The summed E-state index contributed by atoms with van der Waals surface area (Å²) in [6, 6.07) is 11.2. The zero-order valence-electron chi connectivity index (χ0n) is 16.8. The first-order valence-corrected chi connectivity index (χ1v) is 9.07. The second kappa shape index (κ2) is 10.9. The van der Waals surface area contributed by atoms with Crippen LogP contribution in [0.25, 0.3) is 0 Å². The van der Waals surface area contributed by atoms with E-state index >= 15 is 0 Å². The number of carbonyl (C=O) groups excluding carboxylic acids is 1. The van der Waals surface area contributed by atoms with E-state index in [1.807, 2.05) is 43.3 Å². The van der Waals surface area contributed by atoms with Crippen molar-refractivity contribution in [2.45, 2.75) is 13.3 Å². The van der Waals surface area contributed by atoms with Gasteiger partial charge in [0.2, 0.25) is 0 Å². The lowest BCUT2D eigenvalue weighted by molar-refractivity contribution is 0.235. The summed E-state index contributed by atoms with van der Waals surface area (Å²) in [4.78, 5) is 11.9. The fourth-order valence-corrected chi connectivity index (χ4v) is 2.64. The van der Waals surface area contributed by atoms with E-state index in [9.17, 15) is 4.79 Å². The summed E-state index contributed by atoms with van der Waals surface area (Å²) in [6.45, 7) is 3.23. The van der Waals surface area contributed by atoms with Crippen LogP contribution in [-0.4, -0.2) is 47.1 Å². The summed E-state index contributed by atoms with van der Waals surface area (Å²) >= 11 is 0. The summed E-state index contributed by atoms with van der Waals surface area (Å²) in [5, 5.41) is 5.59. The van der Waals surface area contributed by atoms with Crippen molar-refractivity contribution >= 4 is 6.03 Å². The van der Waals surface area contributed by atoms with Crippen LogP contribution in [0.15, 0.2) is 36.4 Å². The molecule has 0 saturated heterocycles. The first-order valence-electron chi connectivity index (χ1n) is 9.07. The summed E-state index contributed by atoms with van der Waals surface area (Å²) in [6.07, 6.45) is 0.685. The van der Waals surface area contributed by atoms with Crippen LogP contribution in [0, 0.1) is 6.92 Å². The Morgan fingerprint density at radius 3 is 2.18 bits per heavy atom. The van der Waals surface area contributed by atoms with E-state index in [0.717, 1.165) is 11.1 Å². The maximum atomic E-state index is 11.9. The van der Waals surface area contributed by atoms with Crippen LogP contribution in [0.5, 0.6) is 23.0 Å². The van der Waals surface area contributed by atoms with Crippen molar-refractivity contribution in [3.05, 3.63) is 47.5 Å². The highest BCUT2D eigenvalue weighted by molar-refractivity contribution is 5.73. The molecule has 2 aromatic carbocycles. The molecule has 0 radical (unpaired) electrons. The van der Waals surface area contributed by atoms with Gasteiger partial charge in [-0.1, -0.05) is 12.1 Å². The van der Waals surface area contributed by atoms with Gasteiger partial charge in [0, 0.05) is 6.54 Å². The van der Waals surface area contributed by atoms with Gasteiger partial charge in [0.1, 0.15) is 6.61 Å². The molecule has 0 spiro atoms. The quantitative estimate of drug-likeness (QED) is 0.612. The van der Waals surface area contributed by atoms with Crippen molar-refractivity contribution in [1.29, 1.82) is 0 Å². The number of aryl methyl sites for hydroxylation is 1. The highest BCUT2D eigenvalue weighted by Gasteiger charge is 2.06. The molecule has 0 unspecified atom stereocenters. The van der Waals surface area contributed by atoms with Gasteiger partial charge in [-0.3, -0.25) is 0 Å². The fraction of sp³-hybridized carbons (Fsp3) is 0.381. The van der Waals surface area contributed by atoms with E-state index in [-0.39, 0.29) is 6.03 Å². The number of amides is 2. The minimum Gasteiger partial charge on any atom is -0.493 e. The lowest BCUT2D eigenvalue weighted by Crippen LogP contribution is -2.38. The highest BCUT2D eigenvalue weighted by Crippen LogP contribution is 2.28. The van der Waals surface area contributed by atoms with E-state index in [2.05, 4.69) is 10.6 Å². The molecule has 0 atom stereocenters. The van der Waals surface area contributed by atoms with Crippen LogP contribution in [0.3, 0.4) is 0 Å². The van der Waals surface area contributed by atoms with Crippen LogP contribution in [0.2, 0.25) is 0 Å². The first-order chi connectivity index (χ1) is 13.6. The van der Waals surface area contributed by atoms with Gasteiger partial charge in [0.05, 0.1) is 27.9 Å². The van der Waals surface area contributed by atoms with E-state index in [1.165, 1.54) is 0 Å². The topological polar surface area (TPSA) is 78.1 Å². The zero-order chi connectivity index (χ0) is 20.4. The van der Waals surface area contributed by atoms with Gasteiger partial charge >= 0.3 is 6.03 Å². The predicted octanol–water partition coefficient (Wildman–Crippen LogP) is 2.94. The monoisotopic (exact) mass is 388 g/mol. The van der Waals surface area contributed by atoms with Crippen molar-refractivity contribution in [2.75, 3.05) is 41.0 Å². The van der Waals surface area contributed by atoms with Crippen LogP contribution in [0.1, 0.15) is 11.1 Å². The Morgan fingerprint density at radius 2 is 1.46 bits per heavy atom. The van der Waals surface area contributed by atoms with Crippen molar-refractivity contribution in [2.24, 2.45) is 0 Å². The second-order valence-corrected chi connectivity index (χ2v) is 6.12. The molecule has 2 N–H and O–H groups in total. The number of benzene rings is 2. The maximum absolute atomic E-state index is 11.9. The molecular weight excluding hydrogens is 360 g/mol. The molecule has 0 aromatic heterocycles. The van der Waals surface area contributed by atoms with Gasteiger partial charge in [-0.15, -0.1) is 0 Å². The van der Waals surface area contributed by atoms with Crippen molar-refractivity contribution < 1.29 is 23.7 Å². The van der Waals surface area contributed by atoms with Crippen molar-refractivity contribution in [3.63, 3.8) is 0 Å². The van der Waals surface area contributed by atoms with Crippen LogP contribution in [-0.2, 0) is 6.42 Å². The van der Waals surface area contributed by atoms with Gasteiger partial charge in [0.25, 0.3) is 0 Å². The third-order valence-corrected chi connectivity index (χ3v) is 4.11. The molecule has 7 heteroatoms. The largest absolute Gasteiger partial charge is 0.493 e. The molecule has 0 aliphatic rings. The van der Waals surface area contributed by atoms with E-state index in [1.54, 1.807) is 21.3 Å². The van der Waals surface area contributed by atoms with Gasteiger partial charge in [-0.25, -0.2) is 4.79 Å². The minimum atomic E-state index is -0.236. The molecule has 0 heterocycles. The standard InChI is InChI=1S/C21H28N2O5/c1-15-5-7-18(19(13-15)26-3)28-12-11-23-21(24)22-10-9-16-6-8-17(25-2)20(14-16)27-4/h5-8,13-14H,9-12H2,1-4H3,(H2,22,23,24). The number of hydrogen-bond acceptors (Lipinski definition) is 5. The number of hydrogen-bond donors (Lipinski definition) is 2. The van der Waals surface area contributed by atoms with Gasteiger partial charge in [-0.2, -0.15) is 0 Å². The molecule has 7 nitrogen and oxygen atoms in total. The van der Waals surface area contributed by atoms with Gasteiger partial charge in [0.15, 0.2) is 23.0 Å². The fourth-order valence-electron chi connectivity index (χ4n) is 2.64. The van der Waals surface area contributed by atoms with Crippen LogP contribution >= 0.6 is 0 Å². The molecule has 28 heavy (non-hydrogen) atoms. The van der Waals surface area contributed by atoms with Crippen LogP contribution in [0.4, 0.5) is 4.79 Å². The Labute approximate surface area is 165 Å².